The Morgan fingerprint density at radius 3 is 2.25 bits per heavy atom. The zero-order valence-electron chi connectivity index (χ0n) is 22.5. The van der Waals surface area contributed by atoms with Crippen LogP contribution < -0.4 is 10.2 Å². The van der Waals surface area contributed by atoms with Gasteiger partial charge in [0.25, 0.3) is 0 Å². The number of fused-ring (bicyclic) bond motifs is 1. The number of carbonyl (C=O) groups excluding carboxylic acids is 1. The molecule has 5 atom stereocenters. The van der Waals surface area contributed by atoms with Crippen molar-refractivity contribution in [2.24, 2.45) is 0 Å². The van der Waals surface area contributed by atoms with E-state index in [1.165, 1.54) is 48.5 Å². The van der Waals surface area contributed by atoms with E-state index in [-0.39, 0.29) is 33.8 Å². The second-order valence-electron chi connectivity index (χ2n) is 9.82. The predicted octanol–water partition coefficient (Wildman–Crippen LogP) is 1.43. The van der Waals surface area contributed by atoms with Crippen LogP contribution in [0.2, 0.25) is 0 Å². The van der Waals surface area contributed by atoms with Gasteiger partial charge in [-0.2, -0.15) is 0 Å². The fraction of sp³-hybridized carbons (Fsp3) is 0.200. The molecule has 1 fully saturated rings. The van der Waals surface area contributed by atoms with E-state index in [0.29, 0.717) is 5.56 Å². The summed E-state index contributed by atoms with van der Waals surface area (Å²) in [6, 6.07) is 11.2. The average Bonchev–Trinajstić information content (AvgIpc) is 2.98. The minimum atomic E-state index is -1.92. The predicted molar refractivity (Wildman–Crippen MR) is 150 cm³/mol. The van der Waals surface area contributed by atoms with Crippen molar-refractivity contribution in [3.05, 3.63) is 76.5 Å². The fourth-order valence-electron chi connectivity index (χ4n) is 4.47. The minimum Gasteiger partial charge on any atom is -0.508 e. The normalized spacial score (nSPS) is 21.8. The first-order valence-electron chi connectivity index (χ1n) is 13.0. The summed E-state index contributed by atoms with van der Waals surface area (Å²) in [4.78, 5) is 25.8. The van der Waals surface area contributed by atoms with Crippen LogP contribution in [0, 0.1) is 0 Å². The first-order valence-corrected chi connectivity index (χ1v) is 13.0. The highest BCUT2D eigenvalue weighted by molar-refractivity contribution is 5.88. The van der Waals surface area contributed by atoms with Gasteiger partial charge in [-0.05, 0) is 48.0 Å². The Bertz CT molecular complexity index is 1780. The molecule has 230 valence electrons. The van der Waals surface area contributed by atoms with Gasteiger partial charge in [-0.3, -0.25) is 4.79 Å². The van der Waals surface area contributed by atoms with Crippen molar-refractivity contribution in [3.8, 4) is 45.8 Å². The Labute approximate surface area is 247 Å². The third-order valence-corrected chi connectivity index (χ3v) is 6.75. The van der Waals surface area contributed by atoms with Crippen molar-refractivity contribution < 1.29 is 64.3 Å². The Balaban J connectivity index is 1.41. The lowest BCUT2D eigenvalue weighted by Gasteiger charge is -2.39. The van der Waals surface area contributed by atoms with Gasteiger partial charge in [0.05, 0.1) is 0 Å². The number of rotatable bonds is 7. The van der Waals surface area contributed by atoms with Crippen LogP contribution in [-0.4, -0.2) is 84.1 Å². The molecular weight excluding hydrogens is 584 g/mol. The third-order valence-electron chi connectivity index (χ3n) is 6.75. The zero-order valence-corrected chi connectivity index (χ0v) is 22.5. The molecule has 0 aliphatic carbocycles. The maximum atomic E-state index is 13.5. The number of aliphatic hydroxyl groups excluding tert-OH is 3. The van der Waals surface area contributed by atoms with Gasteiger partial charge >= 0.3 is 5.97 Å². The van der Waals surface area contributed by atoms with E-state index in [1.807, 2.05) is 0 Å². The second kappa shape index (κ2) is 12.1. The molecule has 1 saturated heterocycles. The summed E-state index contributed by atoms with van der Waals surface area (Å²) >= 11 is 0. The molecule has 8 N–H and O–H groups in total. The number of phenols is 5. The lowest BCUT2D eigenvalue weighted by Crippen LogP contribution is -2.60. The van der Waals surface area contributed by atoms with Gasteiger partial charge in [0.1, 0.15) is 59.2 Å². The lowest BCUT2D eigenvalue weighted by molar-refractivity contribution is -0.278. The molecule has 1 aliphatic heterocycles. The Kier molecular flexibility index (Phi) is 8.33. The highest BCUT2D eigenvalue weighted by Gasteiger charge is 2.46. The van der Waals surface area contributed by atoms with Gasteiger partial charge in [-0.15, -0.1) is 0 Å². The number of aliphatic hydroxyl groups is 3. The molecule has 0 spiro atoms. The standard InChI is InChI=1S/C30H26O14/c31-15-5-3-14(4-6-15)28-29(25(38)23-19(35)10-16(32)11-20(23)42-28)44-30-27(40)26(39)24(37)21(43-30)12-41-22(36)8-2-13-1-7-17(33)18(34)9-13/h1-11,21,24,26-27,30-35,37,39-40H,12H2/b8-2+/t21?,24-,26?,27?,30+/m1/s1. The summed E-state index contributed by atoms with van der Waals surface area (Å²) in [6.45, 7) is -0.633. The maximum Gasteiger partial charge on any atom is 0.330 e. The largest absolute Gasteiger partial charge is 0.508 e. The first-order chi connectivity index (χ1) is 20.9. The number of ether oxygens (including phenoxy) is 3. The minimum absolute atomic E-state index is 0.105. The van der Waals surface area contributed by atoms with Gasteiger partial charge in [0, 0.05) is 23.8 Å². The highest BCUT2D eigenvalue weighted by atomic mass is 16.7. The van der Waals surface area contributed by atoms with E-state index in [0.717, 1.165) is 18.2 Å². The molecule has 0 amide bonds. The van der Waals surface area contributed by atoms with Crippen molar-refractivity contribution >= 4 is 23.0 Å². The van der Waals surface area contributed by atoms with Crippen molar-refractivity contribution in [3.63, 3.8) is 0 Å². The van der Waals surface area contributed by atoms with Crippen molar-refractivity contribution in [1.82, 2.24) is 0 Å². The number of hydrogen-bond acceptors (Lipinski definition) is 14. The number of hydrogen-bond donors (Lipinski definition) is 8. The first kappa shape index (κ1) is 30.2. The van der Waals surface area contributed by atoms with E-state index in [2.05, 4.69) is 0 Å². The summed E-state index contributed by atoms with van der Waals surface area (Å²) in [5, 5.41) is 80.2. The van der Waals surface area contributed by atoms with Crippen LogP contribution >= 0.6 is 0 Å². The van der Waals surface area contributed by atoms with Crippen molar-refractivity contribution in [2.45, 2.75) is 30.7 Å². The number of carbonyl (C=O) groups is 1. The number of phenolic OH excluding ortho intramolecular Hbond substituents is 5. The summed E-state index contributed by atoms with van der Waals surface area (Å²) in [6.07, 6.45) is -6.57. The van der Waals surface area contributed by atoms with Crippen LogP contribution in [-0.2, 0) is 14.3 Å². The van der Waals surface area contributed by atoms with Crippen LogP contribution in [0.3, 0.4) is 0 Å². The van der Waals surface area contributed by atoms with E-state index in [1.54, 1.807) is 0 Å². The van der Waals surface area contributed by atoms with Crippen LogP contribution in [0.5, 0.6) is 34.5 Å². The van der Waals surface area contributed by atoms with Crippen molar-refractivity contribution in [2.75, 3.05) is 6.61 Å². The van der Waals surface area contributed by atoms with E-state index < -0.39 is 71.7 Å². The van der Waals surface area contributed by atoms with Gasteiger partial charge in [-0.25, -0.2) is 4.79 Å². The highest BCUT2D eigenvalue weighted by Crippen LogP contribution is 2.37. The molecule has 1 aromatic heterocycles. The Morgan fingerprint density at radius 1 is 0.818 bits per heavy atom. The topological polar surface area (TPSA) is 237 Å². The molecule has 0 bridgehead atoms. The number of benzene rings is 3. The summed E-state index contributed by atoms with van der Waals surface area (Å²) in [5.74, 6) is -3.65. The molecule has 0 radical (unpaired) electrons. The fourth-order valence-corrected chi connectivity index (χ4v) is 4.47. The zero-order chi connectivity index (χ0) is 31.7. The van der Waals surface area contributed by atoms with Crippen LogP contribution in [0.25, 0.3) is 28.4 Å². The number of esters is 1. The molecule has 14 heteroatoms. The molecule has 3 aromatic carbocycles. The maximum absolute atomic E-state index is 13.5. The molecule has 0 saturated carbocycles. The Hall–Kier alpha value is -5.28. The molecular formula is C30H26O14. The van der Waals surface area contributed by atoms with Gasteiger partial charge in [0.2, 0.25) is 17.5 Å². The number of aromatic hydroxyl groups is 5. The van der Waals surface area contributed by atoms with Crippen LogP contribution in [0.4, 0.5) is 0 Å². The molecule has 2 heterocycles. The average molecular weight is 611 g/mol. The Morgan fingerprint density at radius 2 is 1.55 bits per heavy atom. The van der Waals surface area contributed by atoms with E-state index in [4.69, 9.17) is 18.6 Å². The molecule has 1 aliphatic rings. The molecule has 3 unspecified atom stereocenters. The molecule has 44 heavy (non-hydrogen) atoms. The summed E-state index contributed by atoms with van der Waals surface area (Å²) in [7, 11) is 0. The van der Waals surface area contributed by atoms with Gasteiger partial charge in [0.15, 0.2) is 17.3 Å². The quantitative estimate of drug-likeness (QED) is 0.0840. The van der Waals surface area contributed by atoms with Crippen molar-refractivity contribution in [1.29, 1.82) is 0 Å². The summed E-state index contributed by atoms with van der Waals surface area (Å²) < 4.78 is 22.2. The molecule has 4 aromatic rings. The van der Waals surface area contributed by atoms with Gasteiger partial charge < -0.3 is 59.5 Å². The third kappa shape index (κ3) is 6.09. The molecule has 14 nitrogen and oxygen atoms in total. The van der Waals surface area contributed by atoms with E-state index in [9.17, 15) is 50.4 Å². The second-order valence-corrected chi connectivity index (χ2v) is 9.82. The van der Waals surface area contributed by atoms with E-state index >= 15 is 0 Å². The van der Waals surface area contributed by atoms with Gasteiger partial charge in [-0.1, -0.05) is 6.07 Å². The smallest absolute Gasteiger partial charge is 0.330 e. The lowest BCUT2D eigenvalue weighted by atomic mass is 9.99. The molecule has 5 rings (SSSR count). The van der Waals surface area contributed by atoms with Crippen LogP contribution in [0.15, 0.2) is 69.9 Å². The SMILES string of the molecule is O=C(/C=C/c1ccc(O)c(O)c1)OCC1O[C@@H](Oc2c(-c3ccc(O)cc3)oc3cc(O)cc(O)c3c2=O)C(O)C(O)[C@@H]1O. The monoisotopic (exact) mass is 610 g/mol. The summed E-state index contributed by atoms with van der Waals surface area (Å²) in [5.41, 5.74) is -0.608. The van der Waals surface area contributed by atoms with Crippen LogP contribution in [0.1, 0.15) is 5.56 Å².